The topological polar surface area (TPSA) is 62.4 Å². The molecule has 5 nitrogen and oxygen atoms in total. The van der Waals surface area contributed by atoms with Crippen LogP contribution in [0.2, 0.25) is 0 Å². The molecule has 0 bridgehead atoms. The van der Waals surface area contributed by atoms with Crippen molar-refractivity contribution in [3.8, 4) is 5.75 Å². The van der Waals surface area contributed by atoms with E-state index in [2.05, 4.69) is 36.1 Å². The molecule has 3 rings (SSSR count). The number of hydrazine groups is 1. The number of anilines is 1. The molecule has 3 N–H and O–H groups in total. The van der Waals surface area contributed by atoms with Crippen LogP contribution < -0.4 is 20.9 Å². The number of carbonyl (C=O) groups is 1. The fourth-order valence-corrected chi connectivity index (χ4v) is 2.86. The number of hydrogen-bond acceptors (Lipinski definition) is 4. The van der Waals surface area contributed by atoms with Gasteiger partial charge in [0.2, 0.25) is 0 Å². The smallest absolute Gasteiger partial charge is 0.262 e. The molecule has 2 aromatic carbocycles. The molecule has 25 heavy (non-hydrogen) atoms. The highest BCUT2D eigenvalue weighted by atomic mass is 16.5. The number of ether oxygens (including phenoxy) is 1. The van der Waals surface area contributed by atoms with Gasteiger partial charge in [-0.2, -0.15) is 0 Å². The van der Waals surface area contributed by atoms with Crippen molar-refractivity contribution in [2.75, 3.05) is 18.5 Å². The number of amides is 1. The molecule has 2 aromatic rings. The molecule has 0 radical (unpaired) electrons. The Balaban J connectivity index is 1.53. The van der Waals surface area contributed by atoms with Crippen LogP contribution in [0.3, 0.4) is 0 Å². The zero-order valence-electron chi connectivity index (χ0n) is 14.7. The summed E-state index contributed by atoms with van der Waals surface area (Å²) in [6, 6.07) is 16.1. The lowest BCUT2D eigenvalue weighted by molar-refractivity contribution is -0.118. The normalized spacial score (nSPS) is 16.8. The van der Waals surface area contributed by atoms with Gasteiger partial charge >= 0.3 is 0 Å². The van der Waals surface area contributed by atoms with Crippen LogP contribution >= 0.6 is 0 Å². The van der Waals surface area contributed by atoms with E-state index in [0.29, 0.717) is 11.7 Å². The molecule has 132 valence electrons. The summed E-state index contributed by atoms with van der Waals surface area (Å²) in [6.45, 7) is 5.24. The average Bonchev–Trinajstić information content (AvgIpc) is 3.15. The molecule has 5 heteroatoms. The third kappa shape index (κ3) is 4.81. The van der Waals surface area contributed by atoms with E-state index >= 15 is 0 Å². The molecule has 1 aliphatic rings. The van der Waals surface area contributed by atoms with Gasteiger partial charge in [-0.25, -0.2) is 0 Å². The molecule has 1 saturated heterocycles. The summed E-state index contributed by atoms with van der Waals surface area (Å²) in [7, 11) is 0. The van der Waals surface area contributed by atoms with E-state index in [0.717, 1.165) is 24.2 Å². The Morgan fingerprint density at radius 1 is 1.24 bits per heavy atom. The van der Waals surface area contributed by atoms with Gasteiger partial charge in [0.05, 0.1) is 0 Å². The van der Waals surface area contributed by atoms with Gasteiger partial charge in [0, 0.05) is 18.3 Å². The molecule has 1 unspecified atom stereocenters. The van der Waals surface area contributed by atoms with Crippen LogP contribution in [0.4, 0.5) is 5.69 Å². The second kappa shape index (κ2) is 8.14. The lowest BCUT2D eigenvalue weighted by atomic mass is 10.0. The number of carbonyl (C=O) groups excluding carboxylic acids is 1. The number of nitrogens with one attached hydrogen (secondary N) is 3. The molecule has 1 amide bonds. The van der Waals surface area contributed by atoms with E-state index in [1.54, 1.807) is 0 Å². The van der Waals surface area contributed by atoms with E-state index in [9.17, 15) is 4.79 Å². The first-order valence-corrected chi connectivity index (χ1v) is 8.73. The van der Waals surface area contributed by atoms with Gasteiger partial charge in [0.15, 0.2) is 6.61 Å². The Labute approximate surface area is 148 Å². The average molecular weight is 339 g/mol. The monoisotopic (exact) mass is 339 g/mol. The molecule has 0 aromatic heterocycles. The summed E-state index contributed by atoms with van der Waals surface area (Å²) in [6.07, 6.45) is 1.03. The van der Waals surface area contributed by atoms with Gasteiger partial charge in [-0.05, 0) is 47.7 Å². The Bertz CT molecular complexity index is 707. The molecule has 0 aliphatic carbocycles. The predicted molar refractivity (Wildman–Crippen MR) is 99.6 cm³/mol. The summed E-state index contributed by atoms with van der Waals surface area (Å²) in [5.41, 5.74) is 9.55. The zero-order valence-corrected chi connectivity index (χ0v) is 14.7. The first-order chi connectivity index (χ1) is 12.1. The van der Waals surface area contributed by atoms with Crippen LogP contribution in [0, 0.1) is 0 Å². The Morgan fingerprint density at radius 3 is 2.72 bits per heavy atom. The molecule has 1 atom stereocenters. The maximum atomic E-state index is 12.1. The van der Waals surface area contributed by atoms with E-state index in [1.165, 1.54) is 5.56 Å². The summed E-state index contributed by atoms with van der Waals surface area (Å²) in [5, 5.41) is 2.89. The maximum absolute atomic E-state index is 12.1. The van der Waals surface area contributed by atoms with Gasteiger partial charge in [-0.3, -0.25) is 15.6 Å². The highest BCUT2D eigenvalue weighted by Crippen LogP contribution is 2.22. The third-order valence-electron chi connectivity index (χ3n) is 4.32. The molecule has 1 aliphatic heterocycles. The van der Waals surface area contributed by atoms with Crippen molar-refractivity contribution in [2.24, 2.45) is 0 Å². The molecular formula is C20H25N3O2. The zero-order chi connectivity index (χ0) is 17.6. The standard InChI is InChI=1S/C20H25N3O2/c1-14(2)15-6-8-18(9-7-15)25-13-20(24)22-17-5-3-4-16(12-17)19-10-11-21-23-19/h3-9,12,14,19,21,23H,10-11,13H2,1-2H3,(H,22,24). The molecule has 1 heterocycles. The summed E-state index contributed by atoms with van der Waals surface area (Å²) in [5.74, 6) is 1.02. The third-order valence-corrected chi connectivity index (χ3v) is 4.32. The van der Waals surface area contributed by atoms with Gasteiger partial charge in [0.25, 0.3) is 5.91 Å². The minimum Gasteiger partial charge on any atom is -0.484 e. The SMILES string of the molecule is CC(C)c1ccc(OCC(=O)Nc2cccc(C3CCNN3)c2)cc1. The highest BCUT2D eigenvalue weighted by molar-refractivity contribution is 5.91. The van der Waals surface area contributed by atoms with Crippen molar-refractivity contribution in [3.05, 3.63) is 59.7 Å². The Morgan fingerprint density at radius 2 is 2.04 bits per heavy atom. The molecular weight excluding hydrogens is 314 g/mol. The minimum absolute atomic E-state index is 0.00547. The first kappa shape index (κ1) is 17.5. The fourth-order valence-electron chi connectivity index (χ4n) is 2.86. The summed E-state index contributed by atoms with van der Waals surface area (Å²) >= 11 is 0. The largest absolute Gasteiger partial charge is 0.484 e. The maximum Gasteiger partial charge on any atom is 0.262 e. The van der Waals surface area contributed by atoms with E-state index < -0.39 is 0 Å². The van der Waals surface area contributed by atoms with E-state index in [-0.39, 0.29) is 18.6 Å². The predicted octanol–water partition coefficient (Wildman–Crippen LogP) is 3.37. The molecule has 0 spiro atoms. The van der Waals surface area contributed by atoms with Crippen molar-refractivity contribution in [3.63, 3.8) is 0 Å². The van der Waals surface area contributed by atoms with Gasteiger partial charge < -0.3 is 10.1 Å². The van der Waals surface area contributed by atoms with Gasteiger partial charge in [-0.1, -0.05) is 38.1 Å². The molecule has 1 fully saturated rings. The molecule has 0 saturated carbocycles. The minimum atomic E-state index is -0.164. The second-order valence-corrected chi connectivity index (χ2v) is 6.60. The Kier molecular flexibility index (Phi) is 5.68. The number of benzene rings is 2. The van der Waals surface area contributed by atoms with Crippen LogP contribution in [0.25, 0.3) is 0 Å². The van der Waals surface area contributed by atoms with Crippen LogP contribution in [-0.2, 0) is 4.79 Å². The van der Waals surface area contributed by atoms with Crippen molar-refractivity contribution in [2.45, 2.75) is 32.2 Å². The van der Waals surface area contributed by atoms with E-state index in [1.807, 2.05) is 42.5 Å². The van der Waals surface area contributed by atoms with Crippen molar-refractivity contribution in [1.82, 2.24) is 10.9 Å². The first-order valence-electron chi connectivity index (χ1n) is 8.73. The summed E-state index contributed by atoms with van der Waals surface area (Å²) < 4.78 is 5.57. The quantitative estimate of drug-likeness (QED) is 0.755. The lowest BCUT2D eigenvalue weighted by Crippen LogP contribution is -2.24. The van der Waals surface area contributed by atoms with Gasteiger partial charge in [-0.15, -0.1) is 0 Å². The van der Waals surface area contributed by atoms with Crippen LogP contribution in [-0.4, -0.2) is 19.1 Å². The van der Waals surface area contributed by atoms with Crippen LogP contribution in [0.5, 0.6) is 5.75 Å². The number of rotatable bonds is 6. The van der Waals surface area contributed by atoms with Crippen molar-refractivity contribution in [1.29, 1.82) is 0 Å². The Hall–Kier alpha value is -2.37. The lowest BCUT2D eigenvalue weighted by Gasteiger charge is -2.13. The fraction of sp³-hybridized carbons (Fsp3) is 0.350. The van der Waals surface area contributed by atoms with Crippen molar-refractivity contribution < 1.29 is 9.53 Å². The van der Waals surface area contributed by atoms with Gasteiger partial charge in [0.1, 0.15) is 5.75 Å². The highest BCUT2D eigenvalue weighted by Gasteiger charge is 2.16. The van der Waals surface area contributed by atoms with Crippen LogP contribution in [0.15, 0.2) is 48.5 Å². The van der Waals surface area contributed by atoms with Crippen LogP contribution in [0.1, 0.15) is 43.4 Å². The second-order valence-electron chi connectivity index (χ2n) is 6.60. The summed E-state index contributed by atoms with van der Waals surface area (Å²) in [4.78, 5) is 12.1. The van der Waals surface area contributed by atoms with E-state index in [4.69, 9.17) is 4.74 Å². The van der Waals surface area contributed by atoms with Crippen molar-refractivity contribution >= 4 is 11.6 Å². The number of hydrogen-bond donors (Lipinski definition) is 3.